The molecule has 0 bridgehead atoms. The summed E-state index contributed by atoms with van der Waals surface area (Å²) in [5.74, 6) is -0.254. The molecule has 0 saturated carbocycles. The van der Waals surface area contributed by atoms with Crippen molar-refractivity contribution in [2.45, 2.75) is 31.2 Å². The lowest BCUT2D eigenvalue weighted by Gasteiger charge is -2.21. The zero-order valence-electron chi connectivity index (χ0n) is 21.4. The van der Waals surface area contributed by atoms with E-state index in [4.69, 9.17) is 4.74 Å². The molecule has 9 nitrogen and oxygen atoms in total. The molecular formula is C28H32N4O5S. The second-order valence-corrected chi connectivity index (χ2v) is 10.7. The zero-order chi connectivity index (χ0) is 27.4. The summed E-state index contributed by atoms with van der Waals surface area (Å²) in [6, 6.07) is 24.4. The van der Waals surface area contributed by atoms with Gasteiger partial charge in [-0.15, -0.1) is 0 Å². The lowest BCUT2D eigenvalue weighted by molar-refractivity contribution is -0.123. The highest BCUT2D eigenvalue weighted by Crippen LogP contribution is 2.16. The predicted octanol–water partition coefficient (Wildman–Crippen LogP) is 2.97. The molecule has 10 heteroatoms. The van der Waals surface area contributed by atoms with Crippen molar-refractivity contribution < 1.29 is 22.7 Å². The van der Waals surface area contributed by atoms with Gasteiger partial charge in [0.2, 0.25) is 10.0 Å². The number of hydrazone groups is 1. The first kappa shape index (κ1) is 28.5. The maximum atomic E-state index is 13.2. The van der Waals surface area contributed by atoms with Crippen molar-refractivity contribution in [2.75, 3.05) is 19.7 Å². The summed E-state index contributed by atoms with van der Waals surface area (Å²) >= 11 is 0. The molecule has 0 atom stereocenters. The first-order valence-corrected chi connectivity index (χ1v) is 13.6. The van der Waals surface area contributed by atoms with Gasteiger partial charge in [0.25, 0.3) is 11.8 Å². The van der Waals surface area contributed by atoms with E-state index in [1.807, 2.05) is 44.2 Å². The van der Waals surface area contributed by atoms with Crippen LogP contribution in [0.3, 0.4) is 0 Å². The van der Waals surface area contributed by atoms with E-state index >= 15 is 0 Å². The summed E-state index contributed by atoms with van der Waals surface area (Å²) in [4.78, 5) is 24.4. The van der Waals surface area contributed by atoms with Crippen molar-refractivity contribution in [2.24, 2.45) is 5.10 Å². The molecule has 200 valence electrons. The largest absolute Gasteiger partial charge is 0.484 e. The highest BCUT2D eigenvalue weighted by molar-refractivity contribution is 7.89. The molecule has 0 saturated heterocycles. The monoisotopic (exact) mass is 536 g/mol. The molecular weight excluding hydrogens is 504 g/mol. The maximum Gasteiger partial charge on any atom is 0.258 e. The van der Waals surface area contributed by atoms with Crippen LogP contribution in [0, 0.1) is 0 Å². The molecule has 0 aliphatic carbocycles. The van der Waals surface area contributed by atoms with Gasteiger partial charge in [-0.05, 0) is 67.8 Å². The molecule has 38 heavy (non-hydrogen) atoms. The van der Waals surface area contributed by atoms with Gasteiger partial charge in [0, 0.05) is 12.6 Å². The van der Waals surface area contributed by atoms with Crippen LogP contribution in [0.4, 0.5) is 0 Å². The van der Waals surface area contributed by atoms with Crippen LogP contribution in [0.25, 0.3) is 0 Å². The predicted molar refractivity (Wildman–Crippen MR) is 146 cm³/mol. The molecule has 3 aromatic rings. The minimum Gasteiger partial charge on any atom is -0.484 e. The Labute approximate surface area is 223 Å². The van der Waals surface area contributed by atoms with E-state index in [2.05, 4.69) is 15.8 Å². The quantitative estimate of drug-likeness (QED) is 0.257. The molecule has 0 unspecified atom stereocenters. The third-order valence-electron chi connectivity index (χ3n) is 5.30. The fraction of sp³-hybridized carbons (Fsp3) is 0.250. The third kappa shape index (κ3) is 9.13. The van der Waals surface area contributed by atoms with Gasteiger partial charge in [-0.1, -0.05) is 48.5 Å². The van der Waals surface area contributed by atoms with E-state index in [9.17, 15) is 18.0 Å². The van der Waals surface area contributed by atoms with Crippen molar-refractivity contribution in [3.05, 3.63) is 96.1 Å². The molecule has 0 heterocycles. The van der Waals surface area contributed by atoms with Crippen molar-refractivity contribution in [3.63, 3.8) is 0 Å². The highest BCUT2D eigenvalue weighted by atomic mass is 32.2. The van der Waals surface area contributed by atoms with Crippen molar-refractivity contribution in [1.29, 1.82) is 0 Å². The van der Waals surface area contributed by atoms with Crippen molar-refractivity contribution in [1.82, 2.24) is 15.0 Å². The fourth-order valence-corrected chi connectivity index (χ4v) is 4.88. The Bertz CT molecular complexity index is 1310. The summed E-state index contributed by atoms with van der Waals surface area (Å²) in [6.45, 7) is 3.40. The van der Waals surface area contributed by atoms with Gasteiger partial charge < -0.3 is 10.1 Å². The number of carbonyl (C=O) groups is 2. The van der Waals surface area contributed by atoms with Crippen LogP contribution in [-0.4, -0.2) is 56.5 Å². The van der Waals surface area contributed by atoms with Crippen LogP contribution >= 0.6 is 0 Å². The first-order chi connectivity index (χ1) is 18.2. The molecule has 2 N–H and O–H groups in total. The molecule has 0 aliphatic rings. The smallest absolute Gasteiger partial charge is 0.258 e. The number of hydrogen-bond donors (Lipinski definition) is 2. The molecule has 0 spiro atoms. The van der Waals surface area contributed by atoms with Crippen LogP contribution in [0.15, 0.2) is 94.9 Å². The SMILES string of the molecule is CC(C)NC(=O)COc1ccc(/C=N\NC(=O)CN(CCc2ccccc2)S(=O)(=O)c2ccccc2)cc1. The van der Waals surface area contributed by atoms with Gasteiger partial charge in [0.05, 0.1) is 17.7 Å². The number of ether oxygens (including phenoxy) is 1. The number of rotatable bonds is 13. The fourth-order valence-electron chi connectivity index (χ4n) is 3.46. The topological polar surface area (TPSA) is 117 Å². The van der Waals surface area contributed by atoms with Gasteiger partial charge in [0.1, 0.15) is 5.75 Å². The van der Waals surface area contributed by atoms with E-state index < -0.39 is 15.9 Å². The normalized spacial score (nSPS) is 11.6. The van der Waals surface area contributed by atoms with E-state index in [1.165, 1.54) is 18.3 Å². The summed E-state index contributed by atoms with van der Waals surface area (Å²) in [7, 11) is -3.89. The number of sulfonamides is 1. The highest BCUT2D eigenvalue weighted by Gasteiger charge is 2.26. The average Bonchev–Trinajstić information content (AvgIpc) is 2.91. The number of benzene rings is 3. The molecule has 3 rings (SSSR count). The summed E-state index contributed by atoms with van der Waals surface area (Å²) in [6.07, 6.45) is 1.89. The third-order valence-corrected chi connectivity index (χ3v) is 7.16. The molecule has 2 amide bonds. The molecule has 0 radical (unpaired) electrons. The van der Waals surface area contributed by atoms with E-state index in [1.54, 1.807) is 42.5 Å². The van der Waals surface area contributed by atoms with Crippen LogP contribution < -0.4 is 15.5 Å². The van der Waals surface area contributed by atoms with Crippen LogP contribution in [-0.2, 0) is 26.0 Å². The number of carbonyl (C=O) groups excluding carboxylic acids is 2. The van der Waals surface area contributed by atoms with E-state index in [-0.39, 0.29) is 36.5 Å². The van der Waals surface area contributed by atoms with Crippen LogP contribution in [0.2, 0.25) is 0 Å². The van der Waals surface area contributed by atoms with Gasteiger partial charge >= 0.3 is 0 Å². The second-order valence-electron chi connectivity index (χ2n) is 8.76. The minimum atomic E-state index is -3.89. The van der Waals surface area contributed by atoms with Crippen LogP contribution in [0.5, 0.6) is 5.75 Å². The Morgan fingerprint density at radius 1 is 0.921 bits per heavy atom. The Morgan fingerprint density at radius 2 is 1.55 bits per heavy atom. The molecule has 3 aromatic carbocycles. The second kappa shape index (κ2) is 14.1. The Morgan fingerprint density at radius 3 is 2.18 bits per heavy atom. The number of hydrogen-bond acceptors (Lipinski definition) is 6. The van der Waals surface area contributed by atoms with Gasteiger partial charge in [-0.25, -0.2) is 13.8 Å². The average molecular weight is 537 g/mol. The molecule has 0 aromatic heterocycles. The van der Waals surface area contributed by atoms with Gasteiger partial charge in [-0.2, -0.15) is 9.41 Å². The van der Waals surface area contributed by atoms with Crippen molar-refractivity contribution in [3.8, 4) is 5.75 Å². The Hall–Kier alpha value is -4.02. The van der Waals surface area contributed by atoms with E-state index in [0.717, 1.165) is 9.87 Å². The van der Waals surface area contributed by atoms with Gasteiger partial charge in [-0.3, -0.25) is 9.59 Å². The number of amides is 2. The molecule has 0 fully saturated rings. The van der Waals surface area contributed by atoms with Gasteiger partial charge in [0.15, 0.2) is 6.61 Å². The van der Waals surface area contributed by atoms with Crippen LogP contribution in [0.1, 0.15) is 25.0 Å². The summed E-state index contributed by atoms with van der Waals surface area (Å²) in [5.41, 5.74) is 4.04. The lowest BCUT2D eigenvalue weighted by atomic mass is 10.1. The maximum absolute atomic E-state index is 13.2. The minimum absolute atomic E-state index is 0.0364. The zero-order valence-corrected chi connectivity index (χ0v) is 22.2. The summed E-state index contributed by atoms with van der Waals surface area (Å²) < 4.78 is 33.1. The summed E-state index contributed by atoms with van der Waals surface area (Å²) in [5, 5.41) is 6.70. The number of nitrogens with zero attached hydrogens (tertiary/aromatic N) is 2. The number of nitrogens with one attached hydrogen (secondary N) is 2. The lowest BCUT2D eigenvalue weighted by Crippen LogP contribution is -2.40. The first-order valence-electron chi connectivity index (χ1n) is 12.2. The van der Waals surface area contributed by atoms with Crippen molar-refractivity contribution >= 4 is 28.1 Å². The molecule has 0 aliphatic heterocycles. The van der Waals surface area contributed by atoms with E-state index in [0.29, 0.717) is 17.7 Å². The Balaban J connectivity index is 1.58. The Kier molecular flexibility index (Phi) is 10.6. The standard InChI is InChI=1S/C28H32N4O5S/c1-22(2)30-28(34)21-37-25-15-13-24(14-16-25)19-29-31-27(33)20-32(18-17-23-9-5-3-6-10-23)38(35,36)26-11-7-4-8-12-26/h3-16,19,22H,17-18,20-21H2,1-2H3,(H,30,34)(H,31,33)/b29-19-.